The van der Waals surface area contributed by atoms with Gasteiger partial charge in [-0.2, -0.15) is 0 Å². The molecular weight excluding hydrogens is 236 g/mol. The SMILES string of the molecule is CCN(C(=O)NCC1CC=CCC1)C1CCCCC1. The molecule has 0 bridgehead atoms. The second-order valence-corrected chi connectivity index (χ2v) is 5.91. The predicted octanol–water partition coefficient (Wildman–Crippen LogP) is 3.71. The van der Waals surface area contributed by atoms with Crippen LogP contribution in [0.3, 0.4) is 0 Å². The Morgan fingerprint density at radius 2 is 2.00 bits per heavy atom. The third kappa shape index (κ3) is 4.26. The quantitative estimate of drug-likeness (QED) is 0.771. The van der Waals surface area contributed by atoms with Crippen molar-refractivity contribution in [3.05, 3.63) is 12.2 Å². The molecule has 0 aromatic carbocycles. The maximum Gasteiger partial charge on any atom is 0.317 e. The lowest BCUT2D eigenvalue weighted by molar-refractivity contribution is 0.158. The molecule has 19 heavy (non-hydrogen) atoms. The summed E-state index contributed by atoms with van der Waals surface area (Å²) in [5, 5.41) is 3.15. The van der Waals surface area contributed by atoms with Gasteiger partial charge in [0.2, 0.25) is 0 Å². The van der Waals surface area contributed by atoms with Crippen LogP contribution < -0.4 is 5.32 Å². The van der Waals surface area contributed by atoms with E-state index in [1.807, 2.05) is 0 Å². The van der Waals surface area contributed by atoms with E-state index in [4.69, 9.17) is 0 Å². The number of nitrogens with one attached hydrogen (secondary N) is 1. The first-order chi connectivity index (χ1) is 9.31. The number of carbonyl (C=O) groups is 1. The first kappa shape index (κ1) is 14.4. The van der Waals surface area contributed by atoms with Crippen LogP contribution in [0.15, 0.2) is 12.2 Å². The van der Waals surface area contributed by atoms with Crippen molar-refractivity contribution < 1.29 is 4.79 Å². The highest BCUT2D eigenvalue weighted by Crippen LogP contribution is 2.23. The fraction of sp³-hybridized carbons (Fsp3) is 0.812. The molecule has 1 unspecified atom stereocenters. The number of hydrogen-bond acceptors (Lipinski definition) is 1. The Morgan fingerprint density at radius 3 is 2.63 bits per heavy atom. The van der Waals surface area contributed by atoms with E-state index in [1.165, 1.54) is 44.9 Å². The molecule has 1 atom stereocenters. The Kier molecular flexibility index (Phi) is 5.74. The zero-order valence-corrected chi connectivity index (χ0v) is 12.2. The highest BCUT2D eigenvalue weighted by Gasteiger charge is 2.24. The minimum absolute atomic E-state index is 0.156. The number of carbonyl (C=O) groups excluding carboxylic acids is 1. The summed E-state index contributed by atoms with van der Waals surface area (Å²) < 4.78 is 0. The normalized spacial score (nSPS) is 24.2. The van der Waals surface area contributed by atoms with Gasteiger partial charge in [-0.25, -0.2) is 4.79 Å². The van der Waals surface area contributed by atoms with Crippen molar-refractivity contribution in [3.63, 3.8) is 0 Å². The van der Waals surface area contributed by atoms with Gasteiger partial charge in [0.05, 0.1) is 0 Å². The summed E-state index contributed by atoms with van der Waals surface area (Å²) in [6, 6.07) is 0.633. The van der Waals surface area contributed by atoms with Crippen molar-refractivity contribution in [3.8, 4) is 0 Å². The lowest BCUT2D eigenvalue weighted by Gasteiger charge is -2.34. The molecule has 2 rings (SSSR count). The molecule has 2 aliphatic rings. The Bertz CT molecular complexity index is 308. The Hall–Kier alpha value is -0.990. The average molecular weight is 264 g/mol. The van der Waals surface area contributed by atoms with Crippen LogP contribution in [0.5, 0.6) is 0 Å². The van der Waals surface area contributed by atoms with Crippen molar-refractivity contribution in [1.82, 2.24) is 10.2 Å². The molecule has 0 aliphatic heterocycles. The molecule has 1 fully saturated rings. The van der Waals surface area contributed by atoms with E-state index >= 15 is 0 Å². The average Bonchev–Trinajstić information content (AvgIpc) is 2.48. The monoisotopic (exact) mass is 264 g/mol. The molecule has 0 saturated heterocycles. The molecule has 0 spiro atoms. The summed E-state index contributed by atoms with van der Waals surface area (Å²) in [6.45, 7) is 3.77. The molecule has 2 aliphatic carbocycles. The molecule has 0 heterocycles. The molecule has 2 amide bonds. The van der Waals surface area contributed by atoms with Crippen LogP contribution in [0.25, 0.3) is 0 Å². The Balaban J connectivity index is 1.77. The number of rotatable bonds is 4. The molecule has 1 saturated carbocycles. The standard InChI is InChI=1S/C16H28N2O/c1-2-18(15-11-7-4-8-12-15)16(19)17-13-14-9-5-3-6-10-14/h3,5,14-15H,2,4,6-13H2,1H3,(H,17,19). The molecule has 0 aromatic heterocycles. The van der Waals surface area contributed by atoms with Gasteiger partial charge in [-0.1, -0.05) is 31.4 Å². The van der Waals surface area contributed by atoms with Gasteiger partial charge in [-0.05, 0) is 44.9 Å². The van der Waals surface area contributed by atoms with E-state index in [-0.39, 0.29) is 6.03 Å². The summed E-state index contributed by atoms with van der Waals surface area (Å²) in [4.78, 5) is 14.4. The molecule has 3 nitrogen and oxygen atoms in total. The largest absolute Gasteiger partial charge is 0.338 e. The lowest BCUT2D eigenvalue weighted by atomic mass is 9.94. The molecule has 0 aromatic rings. The Labute approximate surface area is 117 Å². The number of amides is 2. The van der Waals surface area contributed by atoms with Gasteiger partial charge in [0, 0.05) is 19.1 Å². The van der Waals surface area contributed by atoms with Gasteiger partial charge in [0.15, 0.2) is 0 Å². The third-order valence-electron chi connectivity index (χ3n) is 4.54. The molecule has 0 radical (unpaired) electrons. The van der Waals surface area contributed by atoms with E-state index in [1.54, 1.807) is 0 Å². The van der Waals surface area contributed by atoms with Crippen LogP contribution in [-0.2, 0) is 0 Å². The van der Waals surface area contributed by atoms with Crippen molar-refractivity contribution in [1.29, 1.82) is 0 Å². The van der Waals surface area contributed by atoms with Gasteiger partial charge >= 0.3 is 6.03 Å². The maximum absolute atomic E-state index is 12.3. The molecule has 1 N–H and O–H groups in total. The summed E-state index contributed by atoms with van der Waals surface area (Å²) in [7, 11) is 0. The first-order valence-electron chi connectivity index (χ1n) is 8.00. The second kappa shape index (κ2) is 7.56. The van der Waals surface area contributed by atoms with Crippen molar-refractivity contribution in [2.24, 2.45) is 5.92 Å². The third-order valence-corrected chi connectivity index (χ3v) is 4.54. The van der Waals surface area contributed by atoms with Crippen LogP contribution in [-0.4, -0.2) is 30.1 Å². The van der Waals surface area contributed by atoms with Gasteiger partial charge < -0.3 is 10.2 Å². The number of allylic oxidation sites excluding steroid dienone is 2. The smallest absolute Gasteiger partial charge is 0.317 e. The minimum Gasteiger partial charge on any atom is -0.338 e. The number of hydrogen-bond donors (Lipinski definition) is 1. The summed E-state index contributed by atoms with van der Waals surface area (Å²) in [6.07, 6.45) is 14.3. The molecular formula is C16H28N2O. The molecule has 108 valence electrons. The number of urea groups is 1. The minimum atomic E-state index is 0.156. The van der Waals surface area contributed by atoms with Crippen LogP contribution in [0.4, 0.5) is 4.79 Å². The van der Waals surface area contributed by atoms with E-state index in [2.05, 4.69) is 29.3 Å². The fourth-order valence-corrected chi connectivity index (χ4v) is 3.34. The van der Waals surface area contributed by atoms with Crippen LogP contribution in [0.1, 0.15) is 58.3 Å². The van der Waals surface area contributed by atoms with Crippen LogP contribution in [0.2, 0.25) is 0 Å². The highest BCUT2D eigenvalue weighted by atomic mass is 16.2. The van der Waals surface area contributed by atoms with Gasteiger partial charge in [0.25, 0.3) is 0 Å². The van der Waals surface area contributed by atoms with Crippen LogP contribution in [0, 0.1) is 5.92 Å². The van der Waals surface area contributed by atoms with Crippen LogP contribution >= 0.6 is 0 Å². The van der Waals surface area contributed by atoms with E-state index < -0.39 is 0 Å². The molecule has 3 heteroatoms. The summed E-state index contributed by atoms with van der Waals surface area (Å²) in [5.41, 5.74) is 0. The highest BCUT2D eigenvalue weighted by molar-refractivity contribution is 5.74. The Morgan fingerprint density at radius 1 is 1.21 bits per heavy atom. The van der Waals surface area contributed by atoms with Crippen molar-refractivity contribution >= 4 is 6.03 Å². The number of nitrogens with zero attached hydrogens (tertiary/aromatic N) is 1. The van der Waals surface area contributed by atoms with Gasteiger partial charge in [-0.3, -0.25) is 0 Å². The van der Waals surface area contributed by atoms with E-state index in [0.717, 1.165) is 19.5 Å². The van der Waals surface area contributed by atoms with E-state index in [0.29, 0.717) is 12.0 Å². The maximum atomic E-state index is 12.3. The summed E-state index contributed by atoms with van der Waals surface area (Å²) >= 11 is 0. The fourth-order valence-electron chi connectivity index (χ4n) is 3.34. The van der Waals surface area contributed by atoms with Gasteiger partial charge in [0.1, 0.15) is 0 Å². The van der Waals surface area contributed by atoms with Crippen molar-refractivity contribution in [2.75, 3.05) is 13.1 Å². The zero-order chi connectivity index (χ0) is 13.5. The summed E-state index contributed by atoms with van der Waals surface area (Å²) in [5.74, 6) is 0.638. The van der Waals surface area contributed by atoms with Gasteiger partial charge in [-0.15, -0.1) is 0 Å². The zero-order valence-electron chi connectivity index (χ0n) is 12.2. The predicted molar refractivity (Wildman–Crippen MR) is 79.1 cm³/mol. The second-order valence-electron chi connectivity index (χ2n) is 5.91. The topological polar surface area (TPSA) is 32.3 Å². The lowest BCUT2D eigenvalue weighted by Crippen LogP contribution is -2.47. The van der Waals surface area contributed by atoms with E-state index in [9.17, 15) is 4.79 Å². The van der Waals surface area contributed by atoms with Crippen molar-refractivity contribution in [2.45, 2.75) is 64.3 Å². The first-order valence-corrected chi connectivity index (χ1v) is 8.00.